The van der Waals surface area contributed by atoms with E-state index in [4.69, 9.17) is 4.42 Å². The van der Waals surface area contributed by atoms with Gasteiger partial charge in [-0.15, -0.1) is 0 Å². The Morgan fingerprint density at radius 3 is 3.00 bits per heavy atom. The fraction of sp³-hybridized carbons (Fsp3) is 0.467. The molecule has 2 heterocycles. The second-order valence-electron chi connectivity index (χ2n) is 5.61. The molecule has 1 aliphatic heterocycles. The Balaban J connectivity index is 1.99. The number of benzene rings is 1. The average Bonchev–Trinajstić information content (AvgIpc) is 2.98. The van der Waals surface area contributed by atoms with E-state index in [9.17, 15) is 0 Å². The number of hydrogen-bond donors (Lipinski definition) is 1. The standard InChI is InChI=1S/C15H17NO/c1-8-7-17-15-4-12-11(3-10(8)15)9(2)13-5-16-6-14(12)13/h3-4,7,9,13-14,16H,5-6H2,1-2H3. The molecule has 2 aliphatic rings. The number of furan rings is 1. The van der Waals surface area contributed by atoms with Crippen LogP contribution in [0, 0.1) is 12.8 Å². The number of rotatable bonds is 0. The van der Waals surface area contributed by atoms with Crippen LogP contribution in [-0.4, -0.2) is 13.1 Å². The van der Waals surface area contributed by atoms with Crippen molar-refractivity contribution in [3.63, 3.8) is 0 Å². The Labute approximate surface area is 101 Å². The molecule has 0 spiro atoms. The number of aryl methyl sites for hydroxylation is 1. The van der Waals surface area contributed by atoms with Crippen molar-refractivity contribution in [1.29, 1.82) is 0 Å². The molecule has 0 amide bonds. The van der Waals surface area contributed by atoms with Crippen LogP contribution in [0.1, 0.15) is 35.4 Å². The van der Waals surface area contributed by atoms with Gasteiger partial charge >= 0.3 is 0 Å². The van der Waals surface area contributed by atoms with E-state index in [1.807, 2.05) is 6.26 Å². The average molecular weight is 227 g/mol. The summed E-state index contributed by atoms with van der Waals surface area (Å²) in [6.45, 7) is 6.80. The lowest BCUT2D eigenvalue weighted by Gasteiger charge is -2.12. The van der Waals surface area contributed by atoms with Crippen molar-refractivity contribution >= 4 is 11.0 Å². The molecule has 4 rings (SSSR count). The summed E-state index contributed by atoms with van der Waals surface area (Å²) in [6.07, 6.45) is 1.87. The minimum atomic E-state index is 0.684. The second-order valence-corrected chi connectivity index (χ2v) is 5.61. The molecule has 2 heteroatoms. The van der Waals surface area contributed by atoms with Crippen molar-refractivity contribution in [1.82, 2.24) is 5.32 Å². The maximum absolute atomic E-state index is 5.64. The van der Waals surface area contributed by atoms with Gasteiger partial charge in [0.25, 0.3) is 0 Å². The Morgan fingerprint density at radius 1 is 1.24 bits per heavy atom. The molecular weight excluding hydrogens is 210 g/mol. The highest BCUT2D eigenvalue weighted by molar-refractivity contribution is 5.83. The lowest BCUT2D eigenvalue weighted by Crippen LogP contribution is -2.12. The summed E-state index contributed by atoms with van der Waals surface area (Å²) < 4.78 is 5.64. The van der Waals surface area contributed by atoms with E-state index in [1.54, 1.807) is 5.56 Å². The minimum Gasteiger partial charge on any atom is -0.464 e. The maximum atomic E-state index is 5.64. The molecule has 0 bridgehead atoms. The summed E-state index contributed by atoms with van der Waals surface area (Å²) in [5.41, 5.74) is 5.39. The molecular formula is C15H17NO. The lowest BCUT2D eigenvalue weighted by molar-refractivity contribution is 0.487. The second kappa shape index (κ2) is 3.14. The van der Waals surface area contributed by atoms with Gasteiger partial charge in [0, 0.05) is 17.8 Å². The molecule has 17 heavy (non-hydrogen) atoms. The SMILES string of the molecule is Cc1coc2cc3c(cc12)C(C)C1CNCC31. The number of fused-ring (bicyclic) bond motifs is 4. The third kappa shape index (κ3) is 1.14. The van der Waals surface area contributed by atoms with Crippen LogP contribution in [-0.2, 0) is 0 Å². The van der Waals surface area contributed by atoms with Crippen molar-refractivity contribution in [2.24, 2.45) is 5.92 Å². The highest BCUT2D eigenvalue weighted by Gasteiger charge is 2.41. The molecule has 0 saturated carbocycles. The van der Waals surface area contributed by atoms with Crippen LogP contribution in [0.3, 0.4) is 0 Å². The Bertz CT molecular complexity index is 598. The van der Waals surface area contributed by atoms with Gasteiger partial charge in [-0.1, -0.05) is 6.92 Å². The van der Waals surface area contributed by atoms with Crippen molar-refractivity contribution in [3.8, 4) is 0 Å². The largest absolute Gasteiger partial charge is 0.464 e. The molecule has 3 atom stereocenters. The van der Waals surface area contributed by atoms with Gasteiger partial charge in [0.15, 0.2) is 0 Å². The van der Waals surface area contributed by atoms with Crippen LogP contribution in [0.4, 0.5) is 0 Å². The predicted molar refractivity (Wildman–Crippen MR) is 68.5 cm³/mol. The van der Waals surface area contributed by atoms with Crippen LogP contribution in [0.5, 0.6) is 0 Å². The lowest BCUT2D eigenvalue weighted by atomic mass is 9.91. The van der Waals surface area contributed by atoms with Crippen LogP contribution >= 0.6 is 0 Å². The first-order valence-corrected chi connectivity index (χ1v) is 6.48. The zero-order valence-electron chi connectivity index (χ0n) is 10.3. The van der Waals surface area contributed by atoms with E-state index in [2.05, 4.69) is 31.3 Å². The summed E-state index contributed by atoms with van der Waals surface area (Å²) in [5.74, 6) is 2.18. The first kappa shape index (κ1) is 9.72. The van der Waals surface area contributed by atoms with Crippen molar-refractivity contribution in [2.45, 2.75) is 25.7 Å². The van der Waals surface area contributed by atoms with Gasteiger partial charge in [0.05, 0.1) is 6.26 Å². The third-order valence-corrected chi connectivity index (χ3v) is 4.77. The highest BCUT2D eigenvalue weighted by atomic mass is 16.3. The fourth-order valence-corrected chi connectivity index (χ4v) is 3.74. The fourth-order valence-electron chi connectivity index (χ4n) is 3.74. The van der Waals surface area contributed by atoms with E-state index in [1.165, 1.54) is 23.1 Å². The molecule has 2 aromatic rings. The van der Waals surface area contributed by atoms with Crippen LogP contribution in [0.25, 0.3) is 11.0 Å². The Kier molecular flexibility index (Phi) is 1.79. The van der Waals surface area contributed by atoms with Crippen LogP contribution in [0.15, 0.2) is 22.8 Å². The highest BCUT2D eigenvalue weighted by Crippen LogP contribution is 2.49. The molecule has 88 valence electrons. The summed E-state index contributed by atoms with van der Waals surface area (Å²) in [7, 11) is 0. The Hall–Kier alpha value is -1.28. The quantitative estimate of drug-likeness (QED) is 0.748. The molecule has 1 fully saturated rings. The molecule has 1 aromatic carbocycles. The van der Waals surface area contributed by atoms with E-state index in [0.29, 0.717) is 11.8 Å². The summed E-state index contributed by atoms with van der Waals surface area (Å²) in [5, 5.41) is 4.81. The van der Waals surface area contributed by atoms with Crippen LogP contribution in [0.2, 0.25) is 0 Å². The zero-order chi connectivity index (χ0) is 11.6. The normalized spacial score (nSPS) is 30.8. The van der Waals surface area contributed by atoms with Gasteiger partial charge in [0.1, 0.15) is 5.58 Å². The van der Waals surface area contributed by atoms with Gasteiger partial charge in [-0.25, -0.2) is 0 Å². The summed E-state index contributed by atoms with van der Waals surface area (Å²) in [4.78, 5) is 0. The van der Waals surface area contributed by atoms with Crippen molar-refractivity contribution in [3.05, 3.63) is 35.1 Å². The van der Waals surface area contributed by atoms with Crippen LogP contribution < -0.4 is 5.32 Å². The molecule has 1 aliphatic carbocycles. The molecule has 1 aromatic heterocycles. The van der Waals surface area contributed by atoms with E-state index < -0.39 is 0 Å². The molecule has 0 radical (unpaired) electrons. The summed E-state index contributed by atoms with van der Waals surface area (Å²) >= 11 is 0. The predicted octanol–water partition coefficient (Wildman–Crippen LogP) is 3.16. The van der Waals surface area contributed by atoms with Gasteiger partial charge in [-0.2, -0.15) is 0 Å². The van der Waals surface area contributed by atoms with E-state index in [-0.39, 0.29) is 0 Å². The van der Waals surface area contributed by atoms with E-state index >= 15 is 0 Å². The summed E-state index contributed by atoms with van der Waals surface area (Å²) in [6, 6.07) is 4.65. The minimum absolute atomic E-state index is 0.684. The molecule has 3 unspecified atom stereocenters. The van der Waals surface area contributed by atoms with Crippen molar-refractivity contribution < 1.29 is 4.42 Å². The first-order chi connectivity index (χ1) is 8.25. The van der Waals surface area contributed by atoms with Crippen molar-refractivity contribution in [2.75, 3.05) is 13.1 Å². The Morgan fingerprint density at radius 2 is 2.12 bits per heavy atom. The monoisotopic (exact) mass is 227 g/mol. The smallest absolute Gasteiger partial charge is 0.134 e. The maximum Gasteiger partial charge on any atom is 0.134 e. The van der Waals surface area contributed by atoms with Gasteiger partial charge < -0.3 is 9.73 Å². The van der Waals surface area contributed by atoms with Gasteiger partial charge in [-0.3, -0.25) is 0 Å². The topological polar surface area (TPSA) is 25.2 Å². The first-order valence-electron chi connectivity index (χ1n) is 6.48. The zero-order valence-corrected chi connectivity index (χ0v) is 10.3. The molecule has 1 N–H and O–H groups in total. The molecule has 1 saturated heterocycles. The van der Waals surface area contributed by atoms with Gasteiger partial charge in [0.2, 0.25) is 0 Å². The number of nitrogens with one attached hydrogen (secondary N) is 1. The third-order valence-electron chi connectivity index (χ3n) is 4.77. The number of hydrogen-bond acceptors (Lipinski definition) is 2. The van der Waals surface area contributed by atoms with Gasteiger partial charge in [-0.05, 0) is 54.1 Å². The van der Waals surface area contributed by atoms with E-state index in [0.717, 1.165) is 18.0 Å². The molecule has 2 nitrogen and oxygen atoms in total.